The Morgan fingerprint density at radius 1 is 0.857 bits per heavy atom. The van der Waals surface area contributed by atoms with E-state index in [1.807, 2.05) is 0 Å². The number of phenolic OH excluding ortho intramolecular Hbond substituents is 2. The summed E-state index contributed by atoms with van der Waals surface area (Å²) in [4.78, 5) is 12.4. The van der Waals surface area contributed by atoms with Gasteiger partial charge in [0, 0.05) is 17.0 Å². The van der Waals surface area contributed by atoms with Crippen LogP contribution in [0.3, 0.4) is 0 Å². The second-order valence-electron chi connectivity index (χ2n) is 4.13. The van der Waals surface area contributed by atoms with Crippen molar-refractivity contribution in [2.75, 3.05) is 0 Å². The highest BCUT2D eigenvalue weighted by molar-refractivity contribution is 6.41. The molecule has 9 heteroatoms. The van der Waals surface area contributed by atoms with Crippen LogP contribution in [0.4, 0.5) is 0 Å². The van der Waals surface area contributed by atoms with Gasteiger partial charge in [0.05, 0.1) is 14.5 Å². The number of nitrogens with zero attached hydrogens (tertiary/aromatic N) is 1. The van der Waals surface area contributed by atoms with Crippen molar-refractivity contribution in [2.24, 2.45) is 0 Å². The molecule has 1 heterocycles. The van der Waals surface area contributed by atoms with Crippen molar-refractivity contribution in [3.8, 4) is 11.5 Å². The Hall–Kier alpha value is -1.40. The molecule has 2 aromatic carbocycles. The molecule has 0 unspecified atom stereocenters. The molecule has 0 saturated carbocycles. The van der Waals surface area contributed by atoms with Gasteiger partial charge in [0.15, 0.2) is 11.5 Å². The molecule has 0 saturated heterocycles. The topological polar surface area (TPSA) is 76.6 Å². The molecule has 0 aliphatic heterocycles. The smallest absolute Gasteiger partial charge is 0.309 e. The zero-order valence-corrected chi connectivity index (χ0v) is 12.8. The van der Waals surface area contributed by atoms with Crippen molar-refractivity contribution >= 4 is 68.6 Å². The van der Waals surface area contributed by atoms with Gasteiger partial charge < -0.3 is 14.6 Å². The molecule has 5 nitrogen and oxygen atoms in total. The van der Waals surface area contributed by atoms with Gasteiger partial charge in [-0.3, -0.25) is 0 Å². The van der Waals surface area contributed by atoms with E-state index in [0.717, 1.165) is 0 Å². The second-order valence-corrected chi connectivity index (χ2v) is 5.71. The average molecular weight is 368 g/mol. The summed E-state index contributed by atoms with van der Waals surface area (Å²) in [6.07, 6.45) is 0. The van der Waals surface area contributed by atoms with Gasteiger partial charge in [0.1, 0.15) is 10.0 Å². The lowest BCUT2D eigenvalue weighted by molar-refractivity contribution is -0.433. The average Bonchev–Trinajstić information content (AvgIpc) is 2.45. The Kier molecular flexibility index (Phi) is 3.33. The maximum Gasteiger partial charge on any atom is 0.309 e. The number of benzene rings is 2. The summed E-state index contributed by atoms with van der Waals surface area (Å²) in [7, 11) is 0. The van der Waals surface area contributed by atoms with Crippen LogP contribution in [0, 0.1) is 4.91 Å². The molecule has 3 aromatic rings. The molecule has 0 aliphatic carbocycles. The number of halogens is 4. The Morgan fingerprint density at radius 2 is 1.24 bits per heavy atom. The first-order valence-corrected chi connectivity index (χ1v) is 6.91. The molecule has 0 radical (unpaired) electrons. The Morgan fingerprint density at radius 3 is 1.62 bits per heavy atom. The van der Waals surface area contributed by atoms with Gasteiger partial charge in [-0.1, -0.05) is 46.4 Å². The molecule has 0 aliphatic rings. The zero-order valence-electron chi connectivity index (χ0n) is 9.82. The monoisotopic (exact) mass is 366 g/mol. The van der Waals surface area contributed by atoms with Crippen molar-refractivity contribution in [1.82, 2.24) is 0 Å². The molecule has 21 heavy (non-hydrogen) atoms. The summed E-state index contributed by atoms with van der Waals surface area (Å²) < 4.78 is 5.89. The largest absolute Gasteiger partial charge is 0.505 e. The highest BCUT2D eigenvalue weighted by Gasteiger charge is 2.26. The van der Waals surface area contributed by atoms with Crippen LogP contribution < -0.4 is 4.43 Å². The van der Waals surface area contributed by atoms with E-state index in [1.165, 1.54) is 12.1 Å². The van der Waals surface area contributed by atoms with E-state index >= 15 is 0 Å². The predicted molar refractivity (Wildman–Crippen MR) is 80.5 cm³/mol. The number of aromatic hydroxyl groups is 2. The molecule has 1 aromatic heterocycles. The van der Waals surface area contributed by atoms with Crippen LogP contribution in [0.2, 0.25) is 20.1 Å². The molecule has 3 rings (SSSR count). The standard InChI is InChI=1S/C12H3Cl4NO4/c13-3-1-5-11(7(15)9(3)18)21-12-6(17(5)20)2-4(14)10(19)8(12)16/h1-2H,(H-,18,19,20)/p+1. The minimum absolute atomic E-state index is 0.0203. The summed E-state index contributed by atoms with van der Waals surface area (Å²) in [5.41, 5.74) is -0.282. The van der Waals surface area contributed by atoms with E-state index < -0.39 is 11.5 Å². The summed E-state index contributed by atoms with van der Waals surface area (Å²) >= 11 is 23.4. The van der Waals surface area contributed by atoms with Gasteiger partial charge >= 0.3 is 11.0 Å². The van der Waals surface area contributed by atoms with Gasteiger partial charge in [0.2, 0.25) is 11.2 Å². The van der Waals surface area contributed by atoms with E-state index in [2.05, 4.69) is 0 Å². The normalized spacial score (nSPS) is 11.4. The number of aromatic nitrogens is 1. The number of hydrogen-bond acceptors (Lipinski definition) is 4. The SMILES string of the molecule is O=[n+]1c2cc(Cl)c(O)c(Cl)c2oc2c(Cl)c(O)c(Cl)cc21. The molecule has 0 bridgehead atoms. The predicted octanol–water partition coefficient (Wildman–Crippen LogP) is 4.53. The third-order valence-corrected chi connectivity index (χ3v) is 4.18. The molecule has 0 spiro atoms. The van der Waals surface area contributed by atoms with E-state index in [0.29, 0.717) is 4.43 Å². The van der Waals surface area contributed by atoms with Crippen molar-refractivity contribution in [1.29, 1.82) is 0 Å². The van der Waals surface area contributed by atoms with Crippen LogP contribution in [0.1, 0.15) is 0 Å². The summed E-state index contributed by atoms with van der Waals surface area (Å²) in [5, 5.41) is 18.7. The van der Waals surface area contributed by atoms with E-state index in [9.17, 15) is 15.1 Å². The lowest BCUT2D eigenvalue weighted by Gasteiger charge is -2.03. The van der Waals surface area contributed by atoms with Crippen LogP contribution in [0.5, 0.6) is 11.5 Å². The molecular weight excluding hydrogens is 364 g/mol. The Bertz CT molecular complexity index is 908. The van der Waals surface area contributed by atoms with Crippen molar-refractivity contribution in [2.45, 2.75) is 0 Å². The van der Waals surface area contributed by atoms with Crippen LogP contribution >= 0.6 is 46.4 Å². The summed E-state index contributed by atoms with van der Waals surface area (Å²) in [6.45, 7) is 0. The maximum absolute atomic E-state index is 12.4. The first-order valence-electron chi connectivity index (χ1n) is 5.40. The molecule has 0 atom stereocenters. The summed E-state index contributed by atoms with van der Waals surface area (Å²) in [5.74, 6) is -0.855. The molecular formula is C12H4Cl4NO4+. The van der Waals surface area contributed by atoms with E-state index in [1.54, 1.807) is 0 Å². The highest BCUT2D eigenvalue weighted by Crippen LogP contribution is 2.41. The Labute approximate surface area is 136 Å². The number of fused-ring (bicyclic) bond motifs is 2. The van der Waals surface area contributed by atoms with Crippen LogP contribution in [0.15, 0.2) is 16.5 Å². The Balaban J connectivity index is 2.66. The third-order valence-electron chi connectivity index (χ3n) is 2.90. The zero-order chi connectivity index (χ0) is 15.5. The van der Waals surface area contributed by atoms with E-state index in [-0.39, 0.29) is 42.3 Å². The van der Waals surface area contributed by atoms with Gasteiger partial charge in [-0.25, -0.2) is 0 Å². The van der Waals surface area contributed by atoms with Gasteiger partial charge in [-0.15, -0.1) is 0 Å². The third kappa shape index (κ3) is 2.00. The van der Waals surface area contributed by atoms with Crippen molar-refractivity contribution in [3.05, 3.63) is 37.1 Å². The molecule has 108 valence electrons. The maximum atomic E-state index is 12.4. The van der Waals surface area contributed by atoms with Crippen molar-refractivity contribution < 1.29 is 19.1 Å². The first-order chi connectivity index (χ1) is 9.82. The molecule has 2 N–H and O–H groups in total. The van der Waals surface area contributed by atoms with Crippen LogP contribution in [-0.2, 0) is 0 Å². The van der Waals surface area contributed by atoms with E-state index in [4.69, 9.17) is 50.8 Å². The van der Waals surface area contributed by atoms with Crippen LogP contribution in [0.25, 0.3) is 22.2 Å². The van der Waals surface area contributed by atoms with Gasteiger partial charge in [-0.05, 0) is 0 Å². The molecule has 0 amide bonds. The quantitative estimate of drug-likeness (QED) is 0.452. The van der Waals surface area contributed by atoms with Gasteiger partial charge in [-0.2, -0.15) is 0 Å². The number of phenols is 2. The minimum atomic E-state index is -0.428. The fourth-order valence-corrected chi connectivity index (χ4v) is 2.85. The fraction of sp³-hybridized carbons (Fsp3) is 0. The summed E-state index contributed by atoms with van der Waals surface area (Å²) in [6, 6.07) is 2.39. The van der Waals surface area contributed by atoms with Gasteiger partial charge in [0.25, 0.3) is 0 Å². The highest BCUT2D eigenvalue weighted by atomic mass is 35.5. The minimum Gasteiger partial charge on any atom is -0.505 e. The second kappa shape index (κ2) is 4.81. The lowest BCUT2D eigenvalue weighted by atomic mass is 10.2. The molecule has 0 fully saturated rings. The number of rotatable bonds is 0. The fourth-order valence-electron chi connectivity index (χ4n) is 1.89. The lowest BCUT2D eigenvalue weighted by Crippen LogP contribution is -2.16. The number of hydrogen-bond donors (Lipinski definition) is 2. The first kappa shape index (κ1) is 14.5. The van der Waals surface area contributed by atoms with Crippen LogP contribution in [-0.4, -0.2) is 10.2 Å². The van der Waals surface area contributed by atoms with Crippen molar-refractivity contribution in [3.63, 3.8) is 0 Å².